The Balaban J connectivity index is 1.84. The summed E-state index contributed by atoms with van der Waals surface area (Å²) >= 11 is 18.4. The zero-order valence-corrected chi connectivity index (χ0v) is 16.3. The predicted molar refractivity (Wildman–Crippen MR) is 108 cm³/mol. The lowest BCUT2D eigenvalue weighted by molar-refractivity contribution is -0.121. The summed E-state index contributed by atoms with van der Waals surface area (Å²) in [5.41, 5.74) is 1.72. The molecule has 3 nitrogen and oxygen atoms in total. The number of likely N-dealkylation sites (N-methyl/N-ethyl adjacent to an activating group) is 1. The van der Waals surface area contributed by atoms with Crippen LogP contribution in [0.1, 0.15) is 11.1 Å². The molecule has 7 heteroatoms. The minimum absolute atomic E-state index is 0.126. The van der Waals surface area contributed by atoms with Crippen molar-refractivity contribution in [3.63, 3.8) is 0 Å². The van der Waals surface area contributed by atoms with Crippen molar-refractivity contribution in [2.75, 3.05) is 7.05 Å². The molecule has 1 aliphatic heterocycles. The van der Waals surface area contributed by atoms with E-state index in [4.69, 9.17) is 40.2 Å². The minimum Gasteiger partial charge on any atom is -0.488 e. The molecule has 0 atom stereocenters. The average molecular weight is 410 g/mol. The van der Waals surface area contributed by atoms with Crippen LogP contribution in [0.2, 0.25) is 10.0 Å². The molecule has 25 heavy (non-hydrogen) atoms. The van der Waals surface area contributed by atoms with Crippen LogP contribution in [0, 0.1) is 0 Å². The van der Waals surface area contributed by atoms with Crippen LogP contribution in [0.5, 0.6) is 5.75 Å². The quantitative estimate of drug-likeness (QED) is 0.499. The van der Waals surface area contributed by atoms with Gasteiger partial charge in [-0.05, 0) is 42.0 Å². The van der Waals surface area contributed by atoms with E-state index in [0.29, 0.717) is 31.6 Å². The fraction of sp³-hybridized carbons (Fsp3) is 0.111. The van der Waals surface area contributed by atoms with Gasteiger partial charge >= 0.3 is 0 Å². The molecule has 3 rings (SSSR count). The van der Waals surface area contributed by atoms with Crippen molar-refractivity contribution in [2.45, 2.75) is 6.61 Å². The van der Waals surface area contributed by atoms with E-state index in [9.17, 15) is 4.79 Å². The predicted octanol–water partition coefficient (Wildman–Crippen LogP) is 5.40. The summed E-state index contributed by atoms with van der Waals surface area (Å²) in [7, 11) is 1.66. The summed E-state index contributed by atoms with van der Waals surface area (Å²) in [4.78, 5) is 14.2. The number of thiocarbonyl (C=S) groups is 1. The first-order valence-electron chi connectivity index (χ1n) is 7.32. The molecule has 0 aromatic heterocycles. The third kappa shape index (κ3) is 4.36. The van der Waals surface area contributed by atoms with E-state index in [2.05, 4.69) is 0 Å². The summed E-state index contributed by atoms with van der Waals surface area (Å²) in [6.45, 7) is 0.383. The molecule has 1 saturated heterocycles. The van der Waals surface area contributed by atoms with Crippen LogP contribution in [-0.4, -0.2) is 22.2 Å². The average Bonchev–Trinajstić information content (AvgIpc) is 2.83. The maximum absolute atomic E-state index is 12.2. The van der Waals surface area contributed by atoms with E-state index < -0.39 is 0 Å². The third-order valence-electron chi connectivity index (χ3n) is 3.55. The third-order valence-corrected chi connectivity index (χ3v) is 5.52. The van der Waals surface area contributed by atoms with Crippen molar-refractivity contribution in [1.82, 2.24) is 4.90 Å². The molecule has 0 unspecified atom stereocenters. The van der Waals surface area contributed by atoms with Crippen LogP contribution >= 0.6 is 47.2 Å². The van der Waals surface area contributed by atoms with Gasteiger partial charge in [-0.25, -0.2) is 0 Å². The highest BCUT2D eigenvalue weighted by Gasteiger charge is 2.28. The summed E-state index contributed by atoms with van der Waals surface area (Å²) in [6.07, 6.45) is 1.76. The molecule has 0 aliphatic carbocycles. The second kappa shape index (κ2) is 7.79. The highest BCUT2D eigenvalue weighted by Crippen LogP contribution is 2.34. The zero-order valence-electron chi connectivity index (χ0n) is 13.2. The molecule has 0 bridgehead atoms. The van der Waals surface area contributed by atoms with Crippen molar-refractivity contribution in [1.29, 1.82) is 0 Å². The first-order valence-corrected chi connectivity index (χ1v) is 9.30. The smallest absolute Gasteiger partial charge is 0.265 e. The van der Waals surface area contributed by atoms with Crippen molar-refractivity contribution < 1.29 is 9.53 Å². The Morgan fingerprint density at radius 3 is 2.48 bits per heavy atom. The molecule has 1 heterocycles. The van der Waals surface area contributed by atoms with E-state index in [-0.39, 0.29) is 5.91 Å². The zero-order chi connectivity index (χ0) is 18.0. The summed E-state index contributed by atoms with van der Waals surface area (Å²) in [6, 6.07) is 12.7. The Hall–Kier alpha value is -1.53. The fourth-order valence-corrected chi connectivity index (χ4v) is 3.67. The standard InChI is InChI=1S/C18H13Cl2NO2S2/c1-21-17(22)16(25-18(21)24)9-12-8-14(20)6-7-15(12)23-10-11-2-4-13(19)5-3-11/h2-9H,10H2,1H3/b16-9-. The SMILES string of the molecule is CN1C(=O)/C(=C/c2cc(Cl)ccc2OCc2ccc(Cl)cc2)SC1=S. The topological polar surface area (TPSA) is 29.5 Å². The van der Waals surface area contributed by atoms with Gasteiger partial charge in [0.15, 0.2) is 0 Å². The lowest BCUT2D eigenvalue weighted by Crippen LogP contribution is -2.22. The van der Waals surface area contributed by atoms with Gasteiger partial charge in [0.05, 0.1) is 4.91 Å². The Kier molecular flexibility index (Phi) is 5.69. The van der Waals surface area contributed by atoms with Crippen LogP contribution in [-0.2, 0) is 11.4 Å². The van der Waals surface area contributed by atoms with E-state index in [1.165, 1.54) is 16.7 Å². The largest absolute Gasteiger partial charge is 0.488 e. The molecule has 1 aliphatic rings. The van der Waals surface area contributed by atoms with Gasteiger partial charge in [-0.3, -0.25) is 9.69 Å². The van der Waals surface area contributed by atoms with Gasteiger partial charge in [-0.2, -0.15) is 0 Å². The second-order valence-corrected chi connectivity index (χ2v) is 7.89. The molecule has 0 spiro atoms. The van der Waals surface area contributed by atoms with E-state index in [1.54, 1.807) is 31.3 Å². The lowest BCUT2D eigenvalue weighted by Gasteiger charge is -2.10. The number of rotatable bonds is 4. The normalized spacial score (nSPS) is 16.0. The van der Waals surface area contributed by atoms with Crippen molar-refractivity contribution in [3.05, 3.63) is 68.5 Å². The first kappa shape index (κ1) is 18.3. The van der Waals surface area contributed by atoms with E-state index in [1.807, 2.05) is 24.3 Å². The molecule has 1 fully saturated rings. The van der Waals surface area contributed by atoms with Gasteiger partial charge < -0.3 is 4.74 Å². The number of benzene rings is 2. The van der Waals surface area contributed by atoms with Crippen molar-refractivity contribution in [3.8, 4) is 5.75 Å². The first-order chi connectivity index (χ1) is 11.9. The van der Waals surface area contributed by atoms with Crippen molar-refractivity contribution in [2.24, 2.45) is 0 Å². The number of halogens is 2. The number of nitrogens with zero attached hydrogens (tertiary/aromatic N) is 1. The summed E-state index contributed by atoms with van der Waals surface area (Å²) in [5, 5.41) is 1.24. The molecule has 0 radical (unpaired) electrons. The van der Waals surface area contributed by atoms with E-state index in [0.717, 1.165) is 11.1 Å². The number of hydrogen-bond acceptors (Lipinski definition) is 4. The van der Waals surface area contributed by atoms with Crippen LogP contribution in [0.3, 0.4) is 0 Å². The number of thioether (sulfide) groups is 1. The molecule has 0 N–H and O–H groups in total. The summed E-state index contributed by atoms with van der Waals surface area (Å²) in [5.74, 6) is 0.513. The Labute approximate surface area is 165 Å². The van der Waals surface area contributed by atoms with Crippen LogP contribution in [0.15, 0.2) is 47.4 Å². The number of carbonyl (C=O) groups is 1. The van der Waals surface area contributed by atoms with Gasteiger partial charge in [0.2, 0.25) is 0 Å². The maximum atomic E-state index is 12.2. The van der Waals surface area contributed by atoms with Gasteiger partial charge in [-0.1, -0.05) is 59.3 Å². The molecular weight excluding hydrogens is 397 g/mol. The molecular formula is C18H13Cl2NO2S2. The maximum Gasteiger partial charge on any atom is 0.265 e. The van der Waals surface area contributed by atoms with Gasteiger partial charge in [0.25, 0.3) is 5.91 Å². The monoisotopic (exact) mass is 409 g/mol. The molecule has 128 valence electrons. The van der Waals surface area contributed by atoms with Gasteiger partial charge in [0, 0.05) is 22.7 Å². The number of carbonyl (C=O) groups excluding carboxylic acids is 1. The van der Waals surface area contributed by atoms with Gasteiger partial charge in [-0.15, -0.1) is 0 Å². The molecule has 2 aromatic carbocycles. The highest BCUT2D eigenvalue weighted by molar-refractivity contribution is 8.26. The summed E-state index contributed by atoms with van der Waals surface area (Å²) < 4.78 is 6.43. The Morgan fingerprint density at radius 1 is 1.16 bits per heavy atom. The van der Waals surface area contributed by atoms with Crippen LogP contribution in [0.4, 0.5) is 0 Å². The molecule has 0 saturated carbocycles. The lowest BCUT2D eigenvalue weighted by atomic mass is 10.1. The number of ether oxygens (including phenoxy) is 1. The van der Waals surface area contributed by atoms with Crippen LogP contribution in [0.25, 0.3) is 6.08 Å². The van der Waals surface area contributed by atoms with Gasteiger partial charge in [0.1, 0.15) is 16.7 Å². The van der Waals surface area contributed by atoms with Crippen LogP contribution < -0.4 is 4.74 Å². The second-order valence-electron chi connectivity index (χ2n) is 5.34. The number of hydrogen-bond donors (Lipinski definition) is 0. The van der Waals surface area contributed by atoms with E-state index >= 15 is 0 Å². The number of amides is 1. The highest BCUT2D eigenvalue weighted by atomic mass is 35.5. The molecule has 1 amide bonds. The fourth-order valence-electron chi connectivity index (χ4n) is 2.19. The minimum atomic E-state index is -0.126. The Bertz CT molecular complexity index is 866. The molecule has 2 aromatic rings. The Morgan fingerprint density at radius 2 is 1.84 bits per heavy atom. The van der Waals surface area contributed by atoms with Crippen molar-refractivity contribution >= 4 is 63.5 Å².